The van der Waals surface area contributed by atoms with Crippen molar-refractivity contribution in [1.29, 1.82) is 0 Å². The lowest BCUT2D eigenvalue weighted by molar-refractivity contribution is 0.160. The molecule has 0 bridgehead atoms. The molecular weight excluding hydrogens is 328 g/mol. The Morgan fingerprint density at radius 1 is 1.08 bits per heavy atom. The predicted molar refractivity (Wildman–Crippen MR) is 104 cm³/mol. The lowest BCUT2D eigenvalue weighted by atomic mass is 10.1. The minimum absolute atomic E-state index is 0.573. The number of hydrogen-bond donors (Lipinski definition) is 0. The molecular formula is C21H30N2O3. The fourth-order valence-corrected chi connectivity index (χ4v) is 2.88. The minimum Gasteiger partial charge on any atom is -0.493 e. The first-order valence-electron chi connectivity index (χ1n) is 9.47. The molecule has 2 rings (SSSR count). The van der Waals surface area contributed by atoms with E-state index in [0.29, 0.717) is 13.2 Å². The summed E-state index contributed by atoms with van der Waals surface area (Å²) in [5.41, 5.74) is 4.30. The van der Waals surface area contributed by atoms with Gasteiger partial charge in [-0.2, -0.15) is 0 Å². The number of hydrogen-bond acceptors (Lipinski definition) is 5. The summed E-state index contributed by atoms with van der Waals surface area (Å²) >= 11 is 0. The van der Waals surface area contributed by atoms with Gasteiger partial charge in [0.2, 0.25) is 0 Å². The quantitative estimate of drug-likeness (QED) is 0.322. The zero-order valence-corrected chi connectivity index (χ0v) is 16.4. The van der Waals surface area contributed by atoms with E-state index < -0.39 is 0 Å². The monoisotopic (exact) mass is 358 g/mol. The third kappa shape index (κ3) is 6.21. The number of unbranched alkanes of at least 4 members (excludes halogenated alkanes) is 1. The van der Waals surface area contributed by atoms with Gasteiger partial charge in [-0.1, -0.05) is 23.7 Å². The Balaban J connectivity index is 1.78. The third-order valence-corrected chi connectivity index (χ3v) is 4.07. The Morgan fingerprint density at radius 3 is 2.54 bits per heavy atom. The van der Waals surface area contributed by atoms with E-state index in [-0.39, 0.29) is 0 Å². The molecule has 0 N–H and O–H groups in total. The van der Waals surface area contributed by atoms with Crippen molar-refractivity contribution in [3.05, 3.63) is 46.3 Å². The summed E-state index contributed by atoms with van der Waals surface area (Å²) in [5.74, 6) is 1.93. The Morgan fingerprint density at radius 2 is 1.85 bits per heavy atom. The maximum absolute atomic E-state index is 6.01. The highest BCUT2D eigenvalue weighted by Crippen LogP contribution is 2.24. The number of benzene rings is 1. The van der Waals surface area contributed by atoms with Gasteiger partial charge in [0.1, 0.15) is 18.1 Å². The topological polar surface area (TPSA) is 56.9 Å². The van der Waals surface area contributed by atoms with E-state index in [1.165, 1.54) is 0 Å². The molecule has 0 saturated heterocycles. The van der Waals surface area contributed by atoms with Gasteiger partial charge in [0, 0.05) is 12.5 Å². The van der Waals surface area contributed by atoms with E-state index in [9.17, 15) is 0 Å². The van der Waals surface area contributed by atoms with E-state index in [1.54, 1.807) is 6.21 Å². The first-order valence-corrected chi connectivity index (χ1v) is 9.47. The molecule has 0 atom stereocenters. The normalized spacial score (nSPS) is 11.2. The number of oxime groups is 1. The van der Waals surface area contributed by atoms with Crippen molar-refractivity contribution < 1.29 is 14.1 Å². The van der Waals surface area contributed by atoms with Gasteiger partial charge in [-0.05, 0) is 68.9 Å². The van der Waals surface area contributed by atoms with Gasteiger partial charge in [-0.15, -0.1) is 0 Å². The first kappa shape index (κ1) is 20.0. The smallest absolute Gasteiger partial charge is 0.137 e. The summed E-state index contributed by atoms with van der Waals surface area (Å²) in [7, 11) is 0. The van der Waals surface area contributed by atoms with Crippen molar-refractivity contribution in [3.8, 4) is 5.75 Å². The van der Waals surface area contributed by atoms with Gasteiger partial charge in [0.05, 0.1) is 18.5 Å². The van der Waals surface area contributed by atoms with Crippen molar-refractivity contribution in [2.24, 2.45) is 5.16 Å². The van der Waals surface area contributed by atoms with Crippen molar-refractivity contribution in [3.63, 3.8) is 0 Å². The molecule has 0 amide bonds. The molecule has 0 aliphatic carbocycles. The summed E-state index contributed by atoms with van der Waals surface area (Å²) in [5, 5.41) is 8.01. The molecule has 1 heterocycles. The second-order valence-electron chi connectivity index (χ2n) is 6.48. The molecule has 0 unspecified atom stereocenters. The van der Waals surface area contributed by atoms with Crippen LogP contribution in [0, 0.1) is 13.8 Å². The lowest BCUT2D eigenvalue weighted by Crippen LogP contribution is -2.02. The zero-order chi connectivity index (χ0) is 18.8. The van der Waals surface area contributed by atoms with Gasteiger partial charge >= 0.3 is 0 Å². The highest BCUT2D eigenvalue weighted by molar-refractivity contribution is 5.80. The fourth-order valence-electron chi connectivity index (χ4n) is 2.88. The fraction of sp³-hybridized carbons (Fsp3) is 0.524. The second kappa shape index (κ2) is 10.6. The summed E-state index contributed by atoms with van der Waals surface area (Å²) in [6.45, 7) is 9.45. The number of ether oxygens (including phenoxy) is 1. The van der Waals surface area contributed by atoms with Crippen LogP contribution in [0.4, 0.5) is 0 Å². The Labute approximate surface area is 156 Å². The second-order valence-corrected chi connectivity index (χ2v) is 6.48. The molecule has 0 radical (unpaired) electrons. The Bertz CT molecular complexity index is 684. The molecule has 0 aliphatic heterocycles. The highest BCUT2D eigenvalue weighted by atomic mass is 16.6. The molecule has 142 valence electrons. The third-order valence-electron chi connectivity index (χ3n) is 4.07. The van der Waals surface area contributed by atoms with Crippen LogP contribution < -0.4 is 4.74 Å². The number of aryl methyl sites for hydroxylation is 4. The molecule has 2 aromatic rings. The van der Waals surface area contributed by atoms with Crippen molar-refractivity contribution in [1.82, 2.24) is 5.16 Å². The van der Waals surface area contributed by atoms with Gasteiger partial charge < -0.3 is 14.1 Å². The molecule has 0 saturated carbocycles. The highest BCUT2D eigenvalue weighted by Gasteiger charge is 2.07. The zero-order valence-electron chi connectivity index (χ0n) is 16.4. The summed E-state index contributed by atoms with van der Waals surface area (Å²) in [6.07, 6.45) is 6.72. The van der Waals surface area contributed by atoms with Crippen molar-refractivity contribution in [2.45, 2.75) is 59.8 Å². The van der Waals surface area contributed by atoms with Crippen LogP contribution in [0.2, 0.25) is 0 Å². The van der Waals surface area contributed by atoms with Crippen LogP contribution in [0.15, 0.2) is 27.9 Å². The van der Waals surface area contributed by atoms with Crippen molar-refractivity contribution in [2.75, 3.05) is 13.2 Å². The maximum Gasteiger partial charge on any atom is 0.137 e. The average molecular weight is 358 g/mol. The van der Waals surface area contributed by atoms with Gasteiger partial charge in [-0.25, -0.2) is 0 Å². The standard InChI is InChI=1S/C21H30N2O3/c1-5-9-19-14-20(26-23-19)10-7-8-11-24-21-16(3)12-18(13-17(21)4)15-22-25-6-2/h12-15H,5-11H2,1-4H3/b22-15+. The first-order chi connectivity index (χ1) is 12.6. The van der Waals surface area contributed by atoms with E-state index in [4.69, 9.17) is 14.1 Å². The van der Waals surface area contributed by atoms with E-state index >= 15 is 0 Å². The van der Waals surface area contributed by atoms with Crippen LogP contribution in [-0.2, 0) is 17.7 Å². The van der Waals surface area contributed by atoms with Crippen molar-refractivity contribution >= 4 is 6.21 Å². The molecule has 1 aromatic heterocycles. The van der Waals surface area contributed by atoms with Crippen LogP contribution >= 0.6 is 0 Å². The average Bonchev–Trinajstić information content (AvgIpc) is 3.05. The summed E-state index contributed by atoms with van der Waals surface area (Å²) in [4.78, 5) is 5.02. The van der Waals surface area contributed by atoms with Crippen LogP contribution in [0.25, 0.3) is 0 Å². The molecule has 1 aromatic carbocycles. The van der Waals surface area contributed by atoms with Crippen LogP contribution in [0.3, 0.4) is 0 Å². The number of nitrogens with zero attached hydrogens (tertiary/aromatic N) is 2. The molecule has 5 nitrogen and oxygen atoms in total. The largest absolute Gasteiger partial charge is 0.493 e. The molecule has 0 fully saturated rings. The van der Waals surface area contributed by atoms with E-state index in [2.05, 4.69) is 49.3 Å². The molecule has 0 spiro atoms. The summed E-state index contributed by atoms with van der Waals surface area (Å²) in [6, 6.07) is 6.20. The predicted octanol–water partition coefficient (Wildman–Crippen LogP) is 5.02. The molecule has 26 heavy (non-hydrogen) atoms. The van der Waals surface area contributed by atoms with Gasteiger partial charge in [0.25, 0.3) is 0 Å². The van der Waals surface area contributed by atoms with Gasteiger partial charge in [0.15, 0.2) is 0 Å². The van der Waals surface area contributed by atoms with E-state index in [1.807, 2.05) is 6.92 Å². The number of rotatable bonds is 11. The maximum atomic E-state index is 6.01. The molecule has 5 heteroatoms. The van der Waals surface area contributed by atoms with Crippen LogP contribution in [-0.4, -0.2) is 24.6 Å². The van der Waals surface area contributed by atoms with Gasteiger partial charge in [-0.3, -0.25) is 0 Å². The van der Waals surface area contributed by atoms with Crippen LogP contribution in [0.1, 0.15) is 61.3 Å². The van der Waals surface area contributed by atoms with E-state index in [0.717, 1.165) is 66.0 Å². The Hall–Kier alpha value is -2.30. The van der Waals surface area contributed by atoms with Crippen LogP contribution in [0.5, 0.6) is 5.75 Å². The number of aromatic nitrogens is 1. The summed E-state index contributed by atoms with van der Waals surface area (Å²) < 4.78 is 11.4. The Kier molecular flexibility index (Phi) is 8.19. The lowest BCUT2D eigenvalue weighted by Gasteiger charge is -2.13. The minimum atomic E-state index is 0.573. The molecule has 0 aliphatic rings. The SMILES string of the molecule is CCCc1cc(CCCCOc2c(C)cc(/C=N/OCC)cc2C)on1.